The Hall–Kier alpha value is -4.27. The molecule has 5 aromatic rings. The number of unbranched alkanes of at least 4 members (excludes halogenated alkanes) is 1. The minimum atomic E-state index is 0.00345. The molecule has 1 saturated heterocycles. The van der Waals surface area contributed by atoms with Crippen molar-refractivity contribution in [3.8, 4) is 22.5 Å². The minimum Gasteiger partial charge on any atom is -0.370 e. The van der Waals surface area contributed by atoms with E-state index >= 15 is 0 Å². The standard InChI is InChI=1S/C28H30N8O/c1-2-3-7-26(37)32-20-10-18(13-29-15-20)19-11-22-27(34-35-28(22)31-14-19)23-12-21-24(33-23)16-30-17-25(21)36-8-5-4-6-9-36/h10-17,33H,2-9H2,1H3,(H,32,37)(H,31,34,35). The number of pyridine rings is 3. The number of hydrogen-bond acceptors (Lipinski definition) is 6. The van der Waals surface area contributed by atoms with Crippen LogP contribution in [0.4, 0.5) is 11.4 Å². The van der Waals surface area contributed by atoms with Gasteiger partial charge in [0.05, 0.1) is 41.2 Å². The van der Waals surface area contributed by atoms with Crippen molar-refractivity contribution in [2.75, 3.05) is 23.3 Å². The fourth-order valence-corrected chi connectivity index (χ4v) is 5.04. The molecule has 6 rings (SSSR count). The fourth-order valence-electron chi connectivity index (χ4n) is 5.04. The first-order valence-electron chi connectivity index (χ1n) is 13.0. The van der Waals surface area contributed by atoms with E-state index in [9.17, 15) is 4.79 Å². The topological polar surface area (TPSA) is 115 Å². The number of aromatic amines is 2. The number of hydrogen-bond donors (Lipinski definition) is 3. The fraction of sp³-hybridized carbons (Fsp3) is 0.321. The molecule has 6 heterocycles. The second kappa shape index (κ2) is 10.0. The number of carbonyl (C=O) groups excluding carboxylic acids is 1. The molecule has 37 heavy (non-hydrogen) atoms. The van der Waals surface area contributed by atoms with E-state index in [0.29, 0.717) is 17.8 Å². The molecule has 188 valence electrons. The molecule has 1 aliphatic rings. The third-order valence-corrected chi connectivity index (χ3v) is 7.01. The Morgan fingerprint density at radius 2 is 1.81 bits per heavy atom. The molecule has 1 aliphatic heterocycles. The summed E-state index contributed by atoms with van der Waals surface area (Å²) in [6.07, 6.45) is 15.2. The normalized spacial score (nSPS) is 13.9. The molecule has 0 unspecified atom stereocenters. The largest absolute Gasteiger partial charge is 0.370 e. The molecule has 0 radical (unpaired) electrons. The number of fused-ring (bicyclic) bond motifs is 2. The summed E-state index contributed by atoms with van der Waals surface area (Å²) in [5.41, 5.74) is 7.06. The van der Waals surface area contributed by atoms with Gasteiger partial charge in [-0.05, 0) is 43.9 Å². The minimum absolute atomic E-state index is 0.00345. The van der Waals surface area contributed by atoms with Gasteiger partial charge in [0.1, 0.15) is 5.69 Å². The molecule has 1 amide bonds. The maximum absolute atomic E-state index is 12.2. The molecule has 0 aliphatic carbocycles. The van der Waals surface area contributed by atoms with Crippen LogP contribution in [0, 0.1) is 0 Å². The highest BCUT2D eigenvalue weighted by atomic mass is 16.1. The molecule has 9 heteroatoms. The molecule has 0 spiro atoms. The van der Waals surface area contributed by atoms with Crippen molar-refractivity contribution < 1.29 is 4.79 Å². The zero-order chi connectivity index (χ0) is 25.2. The Morgan fingerprint density at radius 3 is 2.68 bits per heavy atom. The van der Waals surface area contributed by atoms with E-state index in [0.717, 1.165) is 64.7 Å². The van der Waals surface area contributed by atoms with Crippen LogP contribution in [0.2, 0.25) is 0 Å². The van der Waals surface area contributed by atoms with Crippen LogP contribution in [-0.4, -0.2) is 49.1 Å². The maximum atomic E-state index is 12.2. The summed E-state index contributed by atoms with van der Waals surface area (Å²) in [6, 6.07) is 6.16. The number of H-pyrrole nitrogens is 2. The Bertz CT molecular complexity index is 1560. The van der Waals surface area contributed by atoms with E-state index in [4.69, 9.17) is 0 Å². The SMILES string of the molecule is CCCCC(=O)Nc1cncc(-c2cnc3[nH]nc(-c4cc5c(N6CCCCC6)cncc5[nH]4)c3c2)c1. The van der Waals surface area contributed by atoms with Gasteiger partial charge in [-0.15, -0.1) is 0 Å². The first kappa shape index (κ1) is 23.1. The van der Waals surface area contributed by atoms with Gasteiger partial charge in [-0.2, -0.15) is 5.10 Å². The van der Waals surface area contributed by atoms with Gasteiger partial charge in [0.2, 0.25) is 5.91 Å². The Kier molecular flexibility index (Phi) is 6.26. The van der Waals surface area contributed by atoms with Gasteiger partial charge in [0.15, 0.2) is 5.65 Å². The molecule has 0 bridgehead atoms. The number of amides is 1. The van der Waals surface area contributed by atoms with Crippen LogP contribution in [0.25, 0.3) is 44.5 Å². The summed E-state index contributed by atoms with van der Waals surface area (Å²) in [7, 11) is 0. The van der Waals surface area contributed by atoms with Crippen LogP contribution < -0.4 is 10.2 Å². The average Bonchev–Trinajstić information content (AvgIpc) is 3.56. The number of carbonyl (C=O) groups is 1. The molecule has 5 aromatic heterocycles. The van der Waals surface area contributed by atoms with Gasteiger partial charge in [-0.1, -0.05) is 13.3 Å². The molecule has 3 N–H and O–H groups in total. The van der Waals surface area contributed by atoms with Gasteiger partial charge < -0.3 is 15.2 Å². The third kappa shape index (κ3) is 4.64. The summed E-state index contributed by atoms with van der Waals surface area (Å²) in [5.74, 6) is 0.00345. The maximum Gasteiger partial charge on any atom is 0.224 e. The van der Waals surface area contributed by atoms with Crippen molar-refractivity contribution in [1.82, 2.24) is 30.1 Å². The summed E-state index contributed by atoms with van der Waals surface area (Å²) in [4.78, 5) is 31.6. The van der Waals surface area contributed by atoms with Crippen molar-refractivity contribution in [3.05, 3.63) is 49.2 Å². The van der Waals surface area contributed by atoms with Crippen LogP contribution in [0.3, 0.4) is 0 Å². The summed E-state index contributed by atoms with van der Waals surface area (Å²) < 4.78 is 0. The summed E-state index contributed by atoms with van der Waals surface area (Å²) in [5, 5.41) is 12.7. The molecular weight excluding hydrogens is 464 g/mol. The van der Waals surface area contributed by atoms with E-state index < -0.39 is 0 Å². The highest BCUT2D eigenvalue weighted by Gasteiger charge is 2.18. The lowest BCUT2D eigenvalue weighted by Gasteiger charge is -2.28. The lowest BCUT2D eigenvalue weighted by Crippen LogP contribution is -2.29. The number of nitrogens with zero attached hydrogens (tertiary/aromatic N) is 5. The molecular formula is C28H30N8O. The van der Waals surface area contributed by atoms with Crippen molar-refractivity contribution in [3.63, 3.8) is 0 Å². The van der Waals surface area contributed by atoms with Crippen molar-refractivity contribution in [2.45, 2.75) is 45.4 Å². The number of nitrogens with one attached hydrogen (secondary N) is 3. The van der Waals surface area contributed by atoms with E-state index in [-0.39, 0.29) is 5.91 Å². The highest BCUT2D eigenvalue weighted by molar-refractivity contribution is 5.99. The lowest BCUT2D eigenvalue weighted by molar-refractivity contribution is -0.116. The molecule has 0 saturated carbocycles. The van der Waals surface area contributed by atoms with Gasteiger partial charge in [0, 0.05) is 53.8 Å². The summed E-state index contributed by atoms with van der Waals surface area (Å²) in [6.45, 7) is 4.20. The quantitative estimate of drug-likeness (QED) is 0.268. The van der Waals surface area contributed by atoms with Crippen LogP contribution >= 0.6 is 0 Å². The van der Waals surface area contributed by atoms with Crippen LogP contribution in [0.5, 0.6) is 0 Å². The lowest BCUT2D eigenvalue weighted by atomic mass is 10.1. The average molecular weight is 495 g/mol. The highest BCUT2D eigenvalue weighted by Crippen LogP contribution is 2.34. The van der Waals surface area contributed by atoms with Gasteiger partial charge in [-0.3, -0.25) is 19.9 Å². The number of rotatable bonds is 7. The number of piperidine rings is 1. The van der Waals surface area contributed by atoms with Crippen LogP contribution in [0.15, 0.2) is 49.2 Å². The van der Waals surface area contributed by atoms with E-state index in [1.54, 1.807) is 18.6 Å². The smallest absolute Gasteiger partial charge is 0.224 e. The van der Waals surface area contributed by atoms with Crippen LogP contribution in [-0.2, 0) is 4.79 Å². The van der Waals surface area contributed by atoms with Gasteiger partial charge >= 0.3 is 0 Å². The predicted octanol–water partition coefficient (Wildman–Crippen LogP) is 5.68. The Morgan fingerprint density at radius 1 is 0.973 bits per heavy atom. The monoisotopic (exact) mass is 494 g/mol. The van der Waals surface area contributed by atoms with Crippen molar-refractivity contribution >= 4 is 39.2 Å². The third-order valence-electron chi connectivity index (χ3n) is 7.01. The zero-order valence-corrected chi connectivity index (χ0v) is 20.9. The van der Waals surface area contributed by atoms with E-state index in [1.807, 2.05) is 18.5 Å². The Balaban J connectivity index is 1.34. The molecule has 9 nitrogen and oxygen atoms in total. The second-order valence-electron chi connectivity index (χ2n) is 9.66. The number of anilines is 2. The number of aromatic nitrogens is 6. The first-order chi connectivity index (χ1) is 18.2. The second-order valence-corrected chi connectivity index (χ2v) is 9.66. The summed E-state index contributed by atoms with van der Waals surface area (Å²) >= 11 is 0. The van der Waals surface area contributed by atoms with Gasteiger partial charge in [0.25, 0.3) is 0 Å². The van der Waals surface area contributed by atoms with E-state index in [2.05, 4.69) is 59.4 Å². The zero-order valence-electron chi connectivity index (χ0n) is 20.9. The van der Waals surface area contributed by atoms with Crippen molar-refractivity contribution in [1.29, 1.82) is 0 Å². The van der Waals surface area contributed by atoms with Crippen LogP contribution in [0.1, 0.15) is 45.4 Å². The first-order valence-corrected chi connectivity index (χ1v) is 13.0. The molecule has 0 atom stereocenters. The molecule has 1 fully saturated rings. The Labute approximate surface area is 214 Å². The van der Waals surface area contributed by atoms with Gasteiger partial charge in [-0.25, -0.2) is 4.98 Å². The molecule has 0 aromatic carbocycles. The van der Waals surface area contributed by atoms with Crippen molar-refractivity contribution in [2.24, 2.45) is 0 Å². The van der Waals surface area contributed by atoms with E-state index in [1.165, 1.54) is 24.9 Å². The predicted molar refractivity (Wildman–Crippen MR) is 146 cm³/mol.